The molecule has 1 aromatic heterocycles. The molecule has 25 heavy (non-hydrogen) atoms. The van der Waals surface area contributed by atoms with E-state index in [9.17, 15) is 0 Å². The van der Waals surface area contributed by atoms with Gasteiger partial charge in [-0.2, -0.15) is 10.2 Å². The van der Waals surface area contributed by atoms with Gasteiger partial charge in [0.15, 0.2) is 0 Å². The van der Waals surface area contributed by atoms with E-state index in [0.717, 1.165) is 11.4 Å². The number of nitrogens with zero attached hydrogens (tertiary/aromatic N) is 3. The van der Waals surface area contributed by atoms with Crippen molar-refractivity contribution in [1.29, 1.82) is 5.26 Å². The fraction of sp³-hybridized carbons (Fsp3) is 0.150. The molecule has 0 amide bonds. The zero-order valence-electron chi connectivity index (χ0n) is 14.2. The van der Waals surface area contributed by atoms with E-state index in [1.807, 2.05) is 25.1 Å². The third-order valence-electron chi connectivity index (χ3n) is 3.69. The summed E-state index contributed by atoms with van der Waals surface area (Å²) in [5, 5.41) is 15.5. The molecule has 1 heterocycles. The predicted octanol–water partition coefficient (Wildman–Crippen LogP) is 4.32. The number of aromatic nitrogens is 2. The van der Waals surface area contributed by atoms with Gasteiger partial charge in [-0.05, 0) is 37.6 Å². The van der Waals surface area contributed by atoms with Crippen LogP contribution >= 0.6 is 0 Å². The molecule has 0 atom stereocenters. The standard InChI is InChI=1S/C20H19N5/c1-14-6-8-16(9-7-14)13-22-20-23-15(2)10-19(25-20)24-18-5-3-4-17(11-18)12-21/h3-11H,13H2,1-2H3,(H2,22,23,24,25). The molecular weight excluding hydrogens is 310 g/mol. The molecule has 124 valence electrons. The van der Waals surface area contributed by atoms with Gasteiger partial charge in [0.05, 0.1) is 11.6 Å². The third-order valence-corrected chi connectivity index (χ3v) is 3.69. The van der Waals surface area contributed by atoms with E-state index in [4.69, 9.17) is 5.26 Å². The van der Waals surface area contributed by atoms with E-state index >= 15 is 0 Å². The summed E-state index contributed by atoms with van der Waals surface area (Å²) in [4.78, 5) is 8.93. The van der Waals surface area contributed by atoms with Crippen LogP contribution in [0.25, 0.3) is 0 Å². The van der Waals surface area contributed by atoms with E-state index in [1.54, 1.807) is 12.1 Å². The molecule has 0 saturated carbocycles. The van der Waals surface area contributed by atoms with Crippen LogP contribution in [0.1, 0.15) is 22.4 Å². The highest BCUT2D eigenvalue weighted by Crippen LogP contribution is 2.18. The van der Waals surface area contributed by atoms with Gasteiger partial charge in [-0.3, -0.25) is 0 Å². The van der Waals surface area contributed by atoms with Crippen molar-refractivity contribution in [3.05, 3.63) is 77.0 Å². The van der Waals surface area contributed by atoms with Crippen LogP contribution in [0.2, 0.25) is 0 Å². The lowest BCUT2D eigenvalue weighted by Gasteiger charge is -2.10. The minimum absolute atomic E-state index is 0.569. The highest BCUT2D eigenvalue weighted by atomic mass is 15.1. The minimum Gasteiger partial charge on any atom is -0.350 e. The van der Waals surface area contributed by atoms with Crippen molar-refractivity contribution in [1.82, 2.24) is 9.97 Å². The van der Waals surface area contributed by atoms with Gasteiger partial charge < -0.3 is 10.6 Å². The van der Waals surface area contributed by atoms with Gasteiger partial charge in [-0.1, -0.05) is 35.9 Å². The lowest BCUT2D eigenvalue weighted by molar-refractivity contribution is 1.03. The normalized spacial score (nSPS) is 10.1. The molecule has 0 unspecified atom stereocenters. The van der Waals surface area contributed by atoms with E-state index in [-0.39, 0.29) is 0 Å². The van der Waals surface area contributed by atoms with Crippen LogP contribution in [-0.4, -0.2) is 9.97 Å². The van der Waals surface area contributed by atoms with Crippen LogP contribution in [0.5, 0.6) is 0 Å². The summed E-state index contributed by atoms with van der Waals surface area (Å²) >= 11 is 0. The van der Waals surface area contributed by atoms with Crippen molar-refractivity contribution in [2.45, 2.75) is 20.4 Å². The highest BCUT2D eigenvalue weighted by Gasteiger charge is 2.04. The number of rotatable bonds is 5. The monoisotopic (exact) mass is 329 g/mol. The SMILES string of the molecule is Cc1ccc(CNc2nc(C)cc(Nc3cccc(C#N)c3)n2)cc1. The lowest BCUT2D eigenvalue weighted by atomic mass is 10.1. The molecule has 0 fully saturated rings. The van der Waals surface area contributed by atoms with Crippen LogP contribution in [0.4, 0.5) is 17.5 Å². The third kappa shape index (κ3) is 4.55. The van der Waals surface area contributed by atoms with Crippen LogP contribution in [-0.2, 0) is 6.54 Å². The average molecular weight is 329 g/mol. The Morgan fingerprint density at radius 3 is 2.56 bits per heavy atom. The number of benzene rings is 2. The Balaban J connectivity index is 1.73. The Morgan fingerprint density at radius 1 is 1.00 bits per heavy atom. The van der Waals surface area contributed by atoms with Crippen molar-refractivity contribution in [2.75, 3.05) is 10.6 Å². The van der Waals surface area contributed by atoms with Gasteiger partial charge >= 0.3 is 0 Å². The Bertz CT molecular complexity index is 910. The topological polar surface area (TPSA) is 73.6 Å². The fourth-order valence-corrected chi connectivity index (χ4v) is 2.41. The molecule has 0 spiro atoms. The van der Waals surface area contributed by atoms with Crippen LogP contribution in [0.3, 0.4) is 0 Å². The molecule has 3 aromatic rings. The molecule has 0 aliphatic heterocycles. The number of nitriles is 1. The van der Waals surface area contributed by atoms with Gasteiger partial charge in [-0.25, -0.2) is 4.98 Å². The number of hydrogen-bond acceptors (Lipinski definition) is 5. The summed E-state index contributed by atoms with van der Waals surface area (Å²) in [6, 6.07) is 19.7. The van der Waals surface area contributed by atoms with Gasteiger partial charge in [0.1, 0.15) is 5.82 Å². The second-order valence-corrected chi connectivity index (χ2v) is 5.87. The summed E-state index contributed by atoms with van der Waals surface area (Å²) in [5.74, 6) is 1.26. The van der Waals surface area contributed by atoms with Crippen molar-refractivity contribution in [3.63, 3.8) is 0 Å². The maximum Gasteiger partial charge on any atom is 0.225 e. The number of hydrogen-bond donors (Lipinski definition) is 2. The van der Waals surface area contributed by atoms with Gasteiger partial charge in [0.25, 0.3) is 0 Å². The minimum atomic E-state index is 0.569. The van der Waals surface area contributed by atoms with Crippen LogP contribution in [0.15, 0.2) is 54.6 Å². The van der Waals surface area contributed by atoms with Gasteiger partial charge in [0, 0.05) is 24.0 Å². The van der Waals surface area contributed by atoms with E-state index in [2.05, 4.69) is 57.9 Å². The van der Waals surface area contributed by atoms with Crippen molar-refractivity contribution in [3.8, 4) is 6.07 Å². The van der Waals surface area contributed by atoms with Crippen LogP contribution < -0.4 is 10.6 Å². The molecule has 0 aliphatic rings. The molecule has 5 nitrogen and oxygen atoms in total. The maximum atomic E-state index is 9.00. The van der Waals surface area contributed by atoms with Crippen molar-refractivity contribution >= 4 is 17.5 Å². The smallest absolute Gasteiger partial charge is 0.225 e. The quantitative estimate of drug-likeness (QED) is 0.729. The first-order valence-corrected chi connectivity index (χ1v) is 8.05. The number of nitrogens with one attached hydrogen (secondary N) is 2. The first kappa shape index (κ1) is 16.5. The second kappa shape index (κ2) is 7.45. The molecule has 2 N–H and O–H groups in total. The summed E-state index contributed by atoms with van der Waals surface area (Å²) in [6.45, 7) is 4.66. The molecular formula is C20H19N5. The van der Waals surface area contributed by atoms with Gasteiger partial charge in [-0.15, -0.1) is 0 Å². The maximum absolute atomic E-state index is 9.00. The summed E-state index contributed by atoms with van der Waals surface area (Å²) in [5.41, 5.74) is 4.70. The van der Waals surface area contributed by atoms with E-state index in [0.29, 0.717) is 23.9 Å². The molecule has 5 heteroatoms. The average Bonchev–Trinajstić information content (AvgIpc) is 2.61. The Hall–Kier alpha value is -3.39. The van der Waals surface area contributed by atoms with Crippen LogP contribution in [0, 0.1) is 25.2 Å². The van der Waals surface area contributed by atoms with Crippen molar-refractivity contribution < 1.29 is 0 Å². The lowest BCUT2D eigenvalue weighted by Crippen LogP contribution is -2.06. The molecule has 0 radical (unpaired) electrons. The summed E-state index contributed by atoms with van der Waals surface area (Å²) in [6.07, 6.45) is 0. The molecule has 3 rings (SSSR count). The van der Waals surface area contributed by atoms with E-state index < -0.39 is 0 Å². The number of anilines is 3. The zero-order chi connectivity index (χ0) is 17.6. The summed E-state index contributed by atoms with van der Waals surface area (Å²) in [7, 11) is 0. The van der Waals surface area contributed by atoms with E-state index in [1.165, 1.54) is 11.1 Å². The Morgan fingerprint density at radius 2 is 1.80 bits per heavy atom. The second-order valence-electron chi connectivity index (χ2n) is 5.87. The molecule has 0 bridgehead atoms. The molecule has 0 saturated heterocycles. The summed E-state index contributed by atoms with van der Waals surface area (Å²) < 4.78 is 0. The number of aryl methyl sites for hydroxylation is 2. The molecule has 2 aromatic carbocycles. The fourth-order valence-electron chi connectivity index (χ4n) is 2.41. The predicted molar refractivity (Wildman–Crippen MR) is 99.7 cm³/mol. The first-order valence-electron chi connectivity index (χ1n) is 8.05. The highest BCUT2D eigenvalue weighted by molar-refractivity contribution is 5.59. The van der Waals surface area contributed by atoms with Gasteiger partial charge in [0.2, 0.25) is 5.95 Å². The first-order chi connectivity index (χ1) is 12.1. The Labute approximate surface area is 147 Å². The molecule has 0 aliphatic carbocycles. The largest absolute Gasteiger partial charge is 0.350 e. The van der Waals surface area contributed by atoms with Crippen molar-refractivity contribution in [2.24, 2.45) is 0 Å². The zero-order valence-corrected chi connectivity index (χ0v) is 14.2. The Kier molecular flexibility index (Phi) is 4.91.